The van der Waals surface area contributed by atoms with Gasteiger partial charge in [0.1, 0.15) is 10.2 Å². The molecule has 1 aromatic heterocycles. The van der Waals surface area contributed by atoms with E-state index >= 15 is 0 Å². The lowest BCUT2D eigenvalue weighted by Gasteiger charge is -2.35. The number of carbonyl (C=O) groups excluding carboxylic acids is 1. The third kappa shape index (κ3) is 5.14. The Hall–Kier alpha value is -2.32. The maximum atomic E-state index is 13.0. The molecule has 1 atom stereocenters. The van der Waals surface area contributed by atoms with Gasteiger partial charge in [-0.3, -0.25) is 18.9 Å². The Labute approximate surface area is 172 Å². The highest BCUT2D eigenvalue weighted by molar-refractivity contribution is 7.84. The summed E-state index contributed by atoms with van der Waals surface area (Å²) in [6.07, 6.45) is 3.18. The molecule has 2 heterocycles. The highest BCUT2D eigenvalue weighted by atomic mass is 35.5. The number of amides is 1. The van der Waals surface area contributed by atoms with Gasteiger partial charge in [-0.05, 0) is 44.9 Å². The van der Waals surface area contributed by atoms with Crippen molar-refractivity contribution < 1.29 is 9.00 Å². The van der Waals surface area contributed by atoms with Gasteiger partial charge in [0.25, 0.3) is 5.91 Å². The number of allylic oxidation sites excluding steroid dienone is 1. The zero-order valence-corrected chi connectivity index (χ0v) is 18.2. The Morgan fingerprint density at radius 2 is 2.07 bits per heavy atom. The fourth-order valence-corrected chi connectivity index (χ4v) is 3.10. The normalized spacial score (nSPS) is 18.6. The van der Waals surface area contributed by atoms with Gasteiger partial charge in [-0.15, -0.1) is 0 Å². The van der Waals surface area contributed by atoms with E-state index in [-0.39, 0.29) is 29.5 Å². The Morgan fingerprint density at radius 3 is 2.54 bits per heavy atom. The van der Waals surface area contributed by atoms with Crippen molar-refractivity contribution in [1.29, 1.82) is 0 Å². The molecular formula is C19H24ClN5O2S. The van der Waals surface area contributed by atoms with Gasteiger partial charge in [0, 0.05) is 18.5 Å². The first-order chi connectivity index (χ1) is 13.1. The topological polar surface area (TPSA) is 87.0 Å². The Kier molecular flexibility index (Phi) is 7.26. The van der Waals surface area contributed by atoms with E-state index in [0.717, 1.165) is 11.1 Å². The van der Waals surface area contributed by atoms with Crippen molar-refractivity contribution in [3.63, 3.8) is 0 Å². The molecule has 1 amide bonds. The van der Waals surface area contributed by atoms with E-state index in [1.165, 1.54) is 0 Å². The molecule has 1 saturated heterocycles. The summed E-state index contributed by atoms with van der Waals surface area (Å²) in [5.74, 6) is 0.346. The zero-order valence-electron chi connectivity index (χ0n) is 16.6. The molecule has 1 unspecified atom stereocenters. The van der Waals surface area contributed by atoms with Crippen LogP contribution in [0.2, 0.25) is 0 Å². The third-order valence-corrected chi connectivity index (χ3v) is 4.79. The van der Waals surface area contributed by atoms with Crippen molar-refractivity contribution in [2.24, 2.45) is 9.98 Å². The number of aromatic nitrogens is 1. The summed E-state index contributed by atoms with van der Waals surface area (Å²) in [4.78, 5) is 27.4. The summed E-state index contributed by atoms with van der Waals surface area (Å²) >= 11 is 5.88. The maximum Gasteiger partial charge on any atom is 0.295 e. The number of nitrogens with zero attached hydrogens (tertiary/aromatic N) is 4. The molecule has 1 aliphatic rings. The number of hydrogen-bond acceptors (Lipinski definition) is 5. The zero-order chi connectivity index (χ0) is 21.0. The van der Waals surface area contributed by atoms with Crippen LogP contribution in [0.1, 0.15) is 33.3 Å². The standard InChI is InChI=1S/C19H24ClN5O2S/c1-11(2)16-18(23-13(5)20)25(12(3)4)19(26)17(24-16)22-10-14-7-8-15(21-9-14)28(6)27/h7-9,12H,5,10H2,1-4,6H3,(H,22,24). The van der Waals surface area contributed by atoms with Gasteiger partial charge >= 0.3 is 0 Å². The Bertz CT molecular complexity index is 899. The Balaban J connectivity index is 2.39. The van der Waals surface area contributed by atoms with Crippen LogP contribution in [0.15, 0.2) is 56.3 Å². The molecule has 9 heteroatoms. The minimum Gasteiger partial charge on any atom is -0.333 e. The minimum atomic E-state index is -1.14. The Morgan fingerprint density at radius 1 is 1.39 bits per heavy atom. The summed E-state index contributed by atoms with van der Waals surface area (Å²) in [6, 6.07) is 3.35. The predicted octanol–water partition coefficient (Wildman–Crippen LogP) is 2.96. The molecule has 7 nitrogen and oxygen atoms in total. The van der Waals surface area contributed by atoms with Gasteiger partial charge in [-0.2, -0.15) is 0 Å². The van der Waals surface area contributed by atoms with E-state index in [9.17, 15) is 9.00 Å². The molecule has 28 heavy (non-hydrogen) atoms. The number of hydrogen-bond donors (Lipinski definition) is 1. The average Bonchev–Trinajstić information content (AvgIpc) is 2.60. The van der Waals surface area contributed by atoms with Crippen LogP contribution >= 0.6 is 11.6 Å². The molecule has 0 aliphatic carbocycles. The monoisotopic (exact) mass is 421 g/mol. The van der Waals surface area contributed by atoms with Gasteiger partial charge in [0.05, 0.1) is 23.0 Å². The number of aliphatic imine (C=N–C) groups is 2. The molecule has 1 aliphatic heterocycles. The smallest absolute Gasteiger partial charge is 0.295 e. The summed E-state index contributed by atoms with van der Waals surface area (Å²) in [5, 5.41) is 3.68. The van der Waals surface area contributed by atoms with Crippen LogP contribution in [0.25, 0.3) is 0 Å². The highest BCUT2D eigenvalue weighted by Gasteiger charge is 2.35. The van der Waals surface area contributed by atoms with Crippen molar-refractivity contribution in [3.8, 4) is 0 Å². The summed E-state index contributed by atoms with van der Waals surface area (Å²) < 4.78 is 11.4. The summed E-state index contributed by atoms with van der Waals surface area (Å²) in [7, 11) is -1.14. The number of nitrogens with one attached hydrogen (secondary N) is 1. The van der Waals surface area contributed by atoms with E-state index in [1.54, 1.807) is 29.5 Å². The fraction of sp³-hybridized carbons (Fsp3) is 0.368. The predicted molar refractivity (Wildman–Crippen MR) is 114 cm³/mol. The molecule has 0 radical (unpaired) electrons. The number of pyridine rings is 1. The second-order valence-electron chi connectivity index (χ2n) is 6.70. The maximum absolute atomic E-state index is 13.0. The number of halogens is 1. The molecule has 1 fully saturated rings. The van der Waals surface area contributed by atoms with Crippen molar-refractivity contribution >= 4 is 40.0 Å². The lowest BCUT2D eigenvalue weighted by Crippen LogP contribution is -2.57. The lowest BCUT2D eigenvalue weighted by molar-refractivity contribution is -0.122. The van der Waals surface area contributed by atoms with Crippen LogP contribution in [0.5, 0.6) is 0 Å². The van der Waals surface area contributed by atoms with E-state index in [1.807, 2.05) is 27.7 Å². The molecule has 0 bridgehead atoms. The van der Waals surface area contributed by atoms with Crippen molar-refractivity contribution in [1.82, 2.24) is 15.2 Å². The van der Waals surface area contributed by atoms with E-state index in [4.69, 9.17) is 11.6 Å². The number of piperazine rings is 1. The minimum absolute atomic E-state index is 0.0915. The van der Waals surface area contributed by atoms with E-state index in [0.29, 0.717) is 16.6 Å². The first-order valence-electron chi connectivity index (χ1n) is 8.66. The quantitative estimate of drug-likeness (QED) is 0.740. The number of carbonyl (C=O) groups is 1. The van der Waals surface area contributed by atoms with E-state index in [2.05, 4.69) is 26.9 Å². The molecule has 1 N–H and O–H groups in total. The second-order valence-corrected chi connectivity index (χ2v) is 8.47. The van der Waals surface area contributed by atoms with E-state index < -0.39 is 10.8 Å². The molecule has 150 valence electrons. The van der Waals surface area contributed by atoms with Crippen LogP contribution in [-0.2, 0) is 22.1 Å². The van der Waals surface area contributed by atoms with Gasteiger partial charge in [0.2, 0.25) is 0 Å². The number of rotatable bonds is 5. The molecule has 1 aromatic rings. The van der Waals surface area contributed by atoms with Crippen molar-refractivity contribution in [2.45, 2.75) is 45.3 Å². The van der Waals surface area contributed by atoms with Crippen LogP contribution in [0.4, 0.5) is 0 Å². The fourth-order valence-electron chi connectivity index (χ4n) is 2.56. The summed E-state index contributed by atoms with van der Waals surface area (Å²) in [6.45, 7) is 11.5. The van der Waals surface area contributed by atoms with Crippen LogP contribution in [-0.4, -0.2) is 44.0 Å². The van der Waals surface area contributed by atoms with Crippen LogP contribution in [0, 0.1) is 0 Å². The van der Waals surface area contributed by atoms with Gasteiger partial charge in [-0.25, -0.2) is 9.98 Å². The molecule has 0 spiro atoms. The number of amidine groups is 2. The van der Waals surface area contributed by atoms with Crippen LogP contribution < -0.4 is 5.32 Å². The van der Waals surface area contributed by atoms with Crippen molar-refractivity contribution in [3.05, 3.63) is 46.9 Å². The molecular weight excluding hydrogens is 398 g/mol. The highest BCUT2D eigenvalue weighted by Crippen LogP contribution is 2.19. The van der Waals surface area contributed by atoms with Crippen molar-refractivity contribution in [2.75, 3.05) is 6.26 Å². The van der Waals surface area contributed by atoms with Crippen LogP contribution in [0.3, 0.4) is 0 Å². The van der Waals surface area contributed by atoms with Gasteiger partial charge in [-0.1, -0.05) is 24.2 Å². The van der Waals surface area contributed by atoms with Gasteiger partial charge in [0.15, 0.2) is 11.7 Å². The van der Waals surface area contributed by atoms with Gasteiger partial charge < -0.3 is 5.32 Å². The first kappa shape index (κ1) is 22.0. The molecule has 0 aromatic carbocycles. The molecule has 2 rings (SSSR count). The SMILES string of the molecule is C=C(Cl)N=C1C(=C(C)C)NC(=NCc2ccc(S(C)=O)nc2)C(=O)N1C(C)C. The molecule has 0 saturated carbocycles. The largest absolute Gasteiger partial charge is 0.333 e. The average molecular weight is 422 g/mol. The third-order valence-electron chi connectivity index (χ3n) is 3.87. The first-order valence-corrected chi connectivity index (χ1v) is 10.6. The second kappa shape index (κ2) is 9.25. The lowest BCUT2D eigenvalue weighted by atomic mass is 10.1. The summed E-state index contributed by atoms with van der Waals surface area (Å²) in [5.41, 5.74) is 2.41.